The Morgan fingerprint density at radius 2 is 0.917 bits per heavy atom. The summed E-state index contributed by atoms with van der Waals surface area (Å²) >= 11 is 0. The molecule has 2 heterocycles. The number of furan rings is 1. The van der Waals surface area contributed by atoms with E-state index in [0.29, 0.717) is 17.5 Å². The summed E-state index contributed by atoms with van der Waals surface area (Å²) < 4.78 is 6.47. The fourth-order valence-electron chi connectivity index (χ4n) is 9.42. The van der Waals surface area contributed by atoms with E-state index in [1.165, 1.54) is 49.4 Å². The van der Waals surface area contributed by atoms with Crippen LogP contribution in [0.25, 0.3) is 111 Å². The maximum absolute atomic E-state index is 6.47. The summed E-state index contributed by atoms with van der Waals surface area (Å²) in [6.07, 6.45) is 0. The molecule has 4 heteroatoms. The number of rotatable bonds is 5. The van der Waals surface area contributed by atoms with Gasteiger partial charge in [0.2, 0.25) is 0 Å². The van der Waals surface area contributed by atoms with Crippen LogP contribution in [-0.2, 0) is 5.41 Å². The van der Waals surface area contributed by atoms with Gasteiger partial charge in [0.25, 0.3) is 0 Å². The third-order valence-corrected chi connectivity index (χ3v) is 12.5. The third-order valence-electron chi connectivity index (χ3n) is 12.5. The average Bonchev–Trinajstić information content (AvgIpc) is 3.80. The first-order valence-electron chi connectivity index (χ1n) is 20.5. The Balaban J connectivity index is 0.943. The van der Waals surface area contributed by atoms with Gasteiger partial charge < -0.3 is 4.42 Å². The average molecular weight is 768 g/mol. The molecule has 0 bridgehead atoms. The summed E-state index contributed by atoms with van der Waals surface area (Å²) in [6, 6.07) is 66.8. The van der Waals surface area contributed by atoms with Crippen LogP contribution >= 0.6 is 0 Å². The van der Waals surface area contributed by atoms with Gasteiger partial charge in [-0.25, -0.2) is 15.0 Å². The third kappa shape index (κ3) is 5.41. The summed E-state index contributed by atoms with van der Waals surface area (Å²) in [5, 5.41) is 7.20. The van der Waals surface area contributed by atoms with Crippen molar-refractivity contribution in [2.24, 2.45) is 0 Å². The number of nitrogens with zero attached hydrogens (tertiary/aromatic N) is 3. The van der Waals surface area contributed by atoms with Crippen molar-refractivity contribution in [2.75, 3.05) is 0 Å². The van der Waals surface area contributed by atoms with Gasteiger partial charge >= 0.3 is 0 Å². The molecule has 2 aromatic heterocycles. The van der Waals surface area contributed by atoms with Crippen molar-refractivity contribution in [3.63, 3.8) is 0 Å². The Morgan fingerprint density at radius 3 is 1.73 bits per heavy atom. The first-order valence-corrected chi connectivity index (χ1v) is 20.5. The van der Waals surface area contributed by atoms with Crippen LogP contribution in [0.3, 0.4) is 0 Å². The van der Waals surface area contributed by atoms with Crippen molar-refractivity contribution >= 4 is 43.5 Å². The summed E-state index contributed by atoms with van der Waals surface area (Å²) in [5.74, 6) is 1.93. The Kier molecular flexibility index (Phi) is 7.54. The molecule has 0 atom stereocenters. The van der Waals surface area contributed by atoms with Crippen LogP contribution < -0.4 is 0 Å². The second-order valence-electron chi connectivity index (χ2n) is 16.4. The zero-order chi connectivity index (χ0) is 40.0. The van der Waals surface area contributed by atoms with Crippen molar-refractivity contribution < 1.29 is 4.42 Å². The first-order chi connectivity index (χ1) is 29.5. The molecular formula is C56H37N3O. The number of hydrogen-bond donors (Lipinski definition) is 0. The maximum atomic E-state index is 6.47. The quantitative estimate of drug-likeness (QED) is 0.164. The Labute approximate surface area is 347 Å². The number of benzene rings is 9. The lowest BCUT2D eigenvalue weighted by Crippen LogP contribution is -2.15. The van der Waals surface area contributed by atoms with E-state index in [-0.39, 0.29) is 5.41 Å². The van der Waals surface area contributed by atoms with Gasteiger partial charge in [-0.15, -0.1) is 0 Å². The molecule has 1 aliphatic carbocycles. The second kappa shape index (κ2) is 13.2. The lowest BCUT2D eigenvalue weighted by molar-refractivity contribution is 0.660. The number of fused-ring (bicyclic) bond motifs is 9. The highest BCUT2D eigenvalue weighted by Gasteiger charge is 2.35. The monoisotopic (exact) mass is 767 g/mol. The molecule has 60 heavy (non-hydrogen) atoms. The smallest absolute Gasteiger partial charge is 0.164 e. The van der Waals surface area contributed by atoms with Gasteiger partial charge in [0.15, 0.2) is 17.5 Å². The van der Waals surface area contributed by atoms with Gasteiger partial charge in [-0.1, -0.05) is 172 Å². The molecule has 0 radical (unpaired) electrons. The van der Waals surface area contributed by atoms with Crippen molar-refractivity contribution in [1.82, 2.24) is 15.0 Å². The molecule has 0 N–H and O–H groups in total. The van der Waals surface area contributed by atoms with E-state index >= 15 is 0 Å². The molecule has 11 aromatic rings. The van der Waals surface area contributed by atoms with E-state index < -0.39 is 0 Å². The highest BCUT2D eigenvalue weighted by Crippen LogP contribution is 2.49. The standard InChI is InChI=1S/C56H37N3O/c1-56(2)48-17-9-8-15-44(48)45-29-27-41(33-49(45)56)55-58-53(37-12-4-3-5-13-37)57-54(59-55)38-24-21-35(22-25-38)43-16-10-18-51-52(43)47-32-40(28-30-50(47)60-51)39-26-23-36-20-19-34-11-6-7-14-42(34)46(36)31-39/h3-33H,1-2H3. The molecule has 1 aliphatic rings. The highest BCUT2D eigenvalue weighted by molar-refractivity contribution is 6.14. The van der Waals surface area contributed by atoms with Crippen LogP contribution in [0, 0.1) is 0 Å². The molecule has 4 nitrogen and oxygen atoms in total. The van der Waals surface area contributed by atoms with E-state index in [2.05, 4.69) is 184 Å². The predicted molar refractivity (Wildman–Crippen MR) is 247 cm³/mol. The van der Waals surface area contributed by atoms with Crippen molar-refractivity contribution in [2.45, 2.75) is 19.3 Å². The lowest BCUT2D eigenvalue weighted by Gasteiger charge is -2.21. The van der Waals surface area contributed by atoms with Gasteiger partial charge in [0, 0.05) is 32.9 Å². The number of aromatic nitrogens is 3. The number of hydrogen-bond acceptors (Lipinski definition) is 4. The van der Waals surface area contributed by atoms with Crippen LogP contribution in [0.2, 0.25) is 0 Å². The molecular weight excluding hydrogens is 731 g/mol. The van der Waals surface area contributed by atoms with Crippen molar-refractivity contribution in [1.29, 1.82) is 0 Å². The molecule has 0 saturated carbocycles. The van der Waals surface area contributed by atoms with Crippen LogP contribution in [-0.4, -0.2) is 15.0 Å². The Hall–Kier alpha value is -7.69. The molecule has 282 valence electrons. The molecule has 9 aromatic carbocycles. The lowest BCUT2D eigenvalue weighted by atomic mass is 9.82. The molecule has 0 spiro atoms. The molecule has 0 fully saturated rings. The summed E-state index contributed by atoms with van der Waals surface area (Å²) in [7, 11) is 0. The highest BCUT2D eigenvalue weighted by atomic mass is 16.3. The summed E-state index contributed by atoms with van der Waals surface area (Å²) in [5.41, 5.74) is 14.2. The minimum Gasteiger partial charge on any atom is -0.456 e. The zero-order valence-electron chi connectivity index (χ0n) is 33.1. The zero-order valence-corrected chi connectivity index (χ0v) is 33.1. The molecule has 12 rings (SSSR count). The molecule has 0 aliphatic heterocycles. The van der Waals surface area contributed by atoms with E-state index in [0.717, 1.165) is 55.3 Å². The van der Waals surface area contributed by atoms with E-state index in [1.54, 1.807) is 0 Å². The van der Waals surface area contributed by atoms with E-state index in [4.69, 9.17) is 19.4 Å². The van der Waals surface area contributed by atoms with Crippen molar-refractivity contribution in [3.8, 4) is 67.5 Å². The van der Waals surface area contributed by atoms with Crippen LogP contribution in [0.1, 0.15) is 25.0 Å². The van der Waals surface area contributed by atoms with Crippen LogP contribution in [0.4, 0.5) is 0 Å². The SMILES string of the molecule is CC1(C)c2ccccc2-c2ccc(-c3nc(-c4ccccc4)nc(-c4ccc(-c5cccc6oc7ccc(-c8ccc9ccc%10ccccc%10c9c8)cc7c56)cc4)n3)cc21. The molecule has 0 unspecified atom stereocenters. The first kappa shape index (κ1) is 34.4. The van der Waals surface area contributed by atoms with Crippen molar-refractivity contribution in [3.05, 3.63) is 199 Å². The molecule has 0 saturated heterocycles. The fourth-order valence-corrected chi connectivity index (χ4v) is 9.42. The second-order valence-corrected chi connectivity index (χ2v) is 16.4. The normalized spacial score (nSPS) is 13.0. The minimum absolute atomic E-state index is 0.133. The van der Waals surface area contributed by atoms with Crippen LogP contribution in [0.5, 0.6) is 0 Å². The largest absolute Gasteiger partial charge is 0.456 e. The van der Waals surface area contributed by atoms with Crippen LogP contribution in [0.15, 0.2) is 192 Å². The van der Waals surface area contributed by atoms with Gasteiger partial charge in [-0.3, -0.25) is 0 Å². The summed E-state index contributed by atoms with van der Waals surface area (Å²) in [4.78, 5) is 15.3. The Morgan fingerprint density at radius 1 is 0.350 bits per heavy atom. The van der Waals surface area contributed by atoms with E-state index in [9.17, 15) is 0 Å². The minimum atomic E-state index is -0.133. The predicted octanol–water partition coefficient (Wildman–Crippen LogP) is 14.7. The van der Waals surface area contributed by atoms with Gasteiger partial charge in [0.1, 0.15) is 11.2 Å². The molecule has 0 amide bonds. The van der Waals surface area contributed by atoms with E-state index in [1.807, 2.05) is 18.2 Å². The topological polar surface area (TPSA) is 51.8 Å². The van der Waals surface area contributed by atoms with Gasteiger partial charge in [-0.05, 0) is 96.4 Å². The maximum Gasteiger partial charge on any atom is 0.164 e. The Bertz CT molecular complexity index is 3510. The fraction of sp³-hybridized carbons (Fsp3) is 0.0536. The van der Waals surface area contributed by atoms with Gasteiger partial charge in [0.05, 0.1) is 0 Å². The summed E-state index contributed by atoms with van der Waals surface area (Å²) in [6.45, 7) is 4.60. The van der Waals surface area contributed by atoms with Gasteiger partial charge in [-0.2, -0.15) is 0 Å².